The van der Waals surface area contributed by atoms with Crippen molar-refractivity contribution in [2.24, 2.45) is 10.2 Å². The van der Waals surface area contributed by atoms with Crippen molar-refractivity contribution in [1.29, 1.82) is 0 Å². The highest BCUT2D eigenvalue weighted by atomic mass is 32.1. The smallest absolute Gasteiger partial charge is 0.261 e. The lowest BCUT2D eigenvalue weighted by atomic mass is 10.1. The van der Waals surface area contributed by atoms with Crippen LogP contribution in [0, 0.1) is 0 Å². The molecule has 0 bridgehead atoms. The summed E-state index contributed by atoms with van der Waals surface area (Å²) in [4.78, 5) is 39.9. The van der Waals surface area contributed by atoms with Crippen molar-refractivity contribution in [3.63, 3.8) is 0 Å². The Morgan fingerprint density at radius 2 is 2.00 bits per heavy atom. The number of benzene rings is 1. The fraction of sp³-hybridized carbons (Fsp3) is 0.364. The molecule has 1 atom stereocenters. The maximum Gasteiger partial charge on any atom is 0.261 e. The van der Waals surface area contributed by atoms with Crippen LogP contribution in [-0.4, -0.2) is 58.4 Å². The van der Waals surface area contributed by atoms with Crippen LogP contribution < -0.4 is 10.1 Å². The van der Waals surface area contributed by atoms with Crippen LogP contribution in [0.5, 0.6) is 5.75 Å². The number of carbonyl (C=O) groups excluding carboxylic acids is 3. The molecule has 2 heterocycles. The van der Waals surface area contributed by atoms with E-state index >= 15 is 0 Å². The van der Waals surface area contributed by atoms with Gasteiger partial charge in [0.15, 0.2) is 5.11 Å². The average Bonchev–Trinajstić information content (AvgIpc) is 3.36. The number of nitrogens with one attached hydrogen (secondary N) is 1. The normalized spacial score (nSPS) is 16.0. The van der Waals surface area contributed by atoms with Crippen LogP contribution in [0.1, 0.15) is 26.0 Å². The maximum absolute atomic E-state index is 13.1. The minimum Gasteiger partial charge on any atom is -0.494 e. The fourth-order valence-corrected chi connectivity index (χ4v) is 3.71. The number of nitrogens with zero attached hydrogens (tertiary/aromatic N) is 4. The summed E-state index contributed by atoms with van der Waals surface area (Å²) in [6.07, 6.45) is 1.41. The Morgan fingerprint density at radius 1 is 1.24 bits per heavy atom. The Hall–Kier alpha value is -3.60. The van der Waals surface area contributed by atoms with E-state index in [0.29, 0.717) is 23.8 Å². The molecule has 1 fully saturated rings. The van der Waals surface area contributed by atoms with Gasteiger partial charge in [-0.05, 0) is 55.5 Å². The second-order valence-electron chi connectivity index (χ2n) is 7.19. The van der Waals surface area contributed by atoms with Gasteiger partial charge in [-0.25, -0.2) is 0 Å². The molecule has 0 aliphatic carbocycles. The first-order chi connectivity index (χ1) is 15.9. The standard InChI is InChI=1S/C22H25N5O5S/c1-3-31-17-8-6-16(7-9-17)24-20(29)13-19-21(30)27(14-18-5-4-12-32-18)22(33)26(19)11-10-23-25-15(2)28/h4-9,12,19H,3,10-11,13-14H2,1-2H3,(H,24,29). The van der Waals surface area contributed by atoms with Crippen molar-refractivity contribution in [3.8, 4) is 5.75 Å². The quantitative estimate of drug-likeness (QED) is 0.418. The summed E-state index contributed by atoms with van der Waals surface area (Å²) < 4.78 is 10.7. The number of hydrogen-bond acceptors (Lipinski definition) is 7. The van der Waals surface area contributed by atoms with E-state index in [-0.39, 0.29) is 43.0 Å². The van der Waals surface area contributed by atoms with E-state index in [4.69, 9.17) is 21.4 Å². The number of ether oxygens (including phenoxy) is 1. The second-order valence-corrected chi connectivity index (χ2v) is 7.55. The highest BCUT2D eigenvalue weighted by molar-refractivity contribution is 7.80. The summed E-state index contributed by atoms with van der Waals surface area (Å²) in [5, 5.41) is 10.4. The topological polar surface area (TPSA) is 117 Å². The zero-order valence-electron chi connectivity index (χ0n) is 18.4. The molecule has 1 N–H and O–H groups in total. The first-order valence-corrected chi connectivity index (χ1v) is 10.8. The molecule has 11 heteroatoms. The van der Waals surface area contributed by atoms with Gasteiger partial charge in [-0.1, -0.05) is 0 Å². The van der Waals surface area contributed by atoms with Gasteiger partial charge in [0.25, 0.3) is 11.8 Å². The van der Waals surface area contributed by atoms with Gasteiger partial charge in [0, 0.05) is 19.2 Å². The predicted octanol–water partition coefficient (Wildman–Crippen LogP) is 3.00. The summed E-state index contributed by atoms with van der Waals surface area (Å²) in [5.41, 5.74) is 0.589. The molecule has 0 radical (unpaired) electrons. The average molecular weight is 472 g/mol. The summed E-state index contributed by atoms with van der Waals surface area (Å²) in [7, 11) is 0. The Morgan fingerprint density at radius 3 is 2.64 bits per heavy atom. The Balaban J connectivity index is 1.70. The lowest BCUT2D eigenvalue weighted by molar-refractivity contribution is -0.131. The largest absolute Gasteiger partial charge is 0.494 e. The number of rotatable bonds is 10. The minimum atomic E-state index is -0.803. The van der Waals surface area contributed by atoms with Crippen LogP contribution in [0.2, 0.25) is 0 Å². The highest BCUT2D eigenvalue weighted by Gasteiger charge is 2.43. The molecule has 1 aromatic heterocycles. The van der Waals surface area contributed by atoms with Crippen molar-refractivity contribution in [2.45, 2.75) is 32.9 Å². The Labute approximate surface area is 196 Å². The van der Waals surface area contributed by atoms with Gasteiger partial charge in [-0.2, -0.15) is 5.11 Å². The van der Waals surface area contributed by atoms with E-state index in [9.17, 15) is 14.4 Å². The number of thiocarbonyl (C=S) groups is 1. The monoisotopic (exact) mass is 471 g/mol. The van der Waals surface area contributed by atoms with Gasteiger partial charge in [-0.3, -0.25) is 19.3 Å². The van der Waals surface area contributed by atoms with Crippen molar-refractivity contribution in [3.05, 3.63) is 48.4 Å². The van der Waals surface area contributed by atoms with Gasteiger partial charge in [0.05, 0.1) is 32.4 Å². The molecule has 2 aromatic rings. The number of azo groups is 1. The number of furan rings is 1. The van der Waals surface area contributed by atoms with Crippen LogP contribution in [0.15, 0.2) is 57.3 Å². The van der Waals surface area contributed by atoms with Gasteiger partial charge >= 0.3 is 0 Å². The third kappa shape index (κ3) is 6.45. The Kier molecular flexibility index (Phi) is 8.25. The number of amides is 3. The molecule has 1 aromatic carbocycles. The molecular formula is C22H25N5O5S. The summed E-state index contributed by atoms with van der Waals surface area (Å²) >= 11 is 5.52. The minimum absolute atomic E-state index is 0.106. The fourth-order valence-electron chi connectivity index (χ4n) is 3.34. The highest BCUT2D eigenvalue weighted by Crippen LogP contribution is 2.24. The third-order valence-electron chi connectivity index (χ3n) is 4.78. The molecule has 0 spiro atoms. The first-order valence-electron chi connectivity index (χ1n) is 10.4. The molecule has 1 aliphatic heterocycles. The van der Waals surface area contributed by atoms with Crippen LogP contribution >= 0.6 is 12.2 Å². The van der Waals surface area contributed by atoms with E-state index in [1.165, 1.54) is 18.1 Å². The lowest BCUT2D eigenvalue weighted by Gasteiger charge is -2.22. The molecule has 0 saturated carbocycles. The molecule has 3 amide bonds. The zero-order valence-corrected chi connectivity index (χ0v) is 19.2. The number of hydrogen-bond donors (Lipinski definition) is 1. The molecule has 1 saturated heterocycles. The van der Waals surface area contributed by atoms with Crippen molar-refractivity contribution in [1.82, 2.24) is 9.80 Å². The van der Waals surface area contributed by atoms with E-state index in [2.05, 4.69) is 15.5 Å². The first kappa shape index (κ1) is 24.1. The van der Waals surface area contributed by atoms with E-state index in [1.54, 1.807) is 41.3 Å². The molecule has 33 heavy (non-hydrogen) atoms. The maximum atomic E-state index is 13.1. The van der Waals surface area contributed by atoms with Gasteiger partial charge in [0.2, 0.25) is 5.91 Å². The Bertz CT molecular complexity index is 1020. The van der Waals surface area contributed by atoms with E-state index in [0.717, 1.165) is 0 Å². The van der Waals surface area contributed by atoms with E-state index < -0.39 is 11.9 Å². The summed E-state index contributed by atoms with van der Waals surface area (Å²) in [6, 6.07) is 9.63. The zero-order chi connectivity index (χ0) is 23.8. The van der Waals surface area contributed by atoms with Crippen LogP contribution in [0.25, 0.3) is 0 Å². The van der Waals surface area contributed by atoms with Crippen LogP contribution in [0.4, 0.5) is 5.69 Å². The van der Waals surface area contributed by atoms with Gasteiger partial charge < -0.3 is 19.4 Å². The second kappa shape index (κ2) is 11.3. The van der Waals surface area contributed by atoms with Crippen molar-refractivity contribution in [2.75, 3.05) is 25.0 Å². The molecule has 1 unspecified atom stereocenters. The predicted molar refractivity (Wildman–Crippen MR) is 124 cm³/mol. The molecule has 3 rings (SSSR count). The molecule has 174 valence electrons. The van der Waals surface area contributed by atoms with E-state index in [1.807, 2.05) is 6.92 Å². The number of anilines is 1. The summed E-state index contributed by atoms with van der Waals surface area (Å²) in [6.45, 7) is 4.28. The van der Waals surface area contributed by atoms with Crippen LogP contribution in [-0.2, 0) is 20.9 Å². The third-order valence-corrected chi connectivity index (χ3v) is 5.23. The van der Waals surface area contributed by atoms with Crippen LogP contribution in [0.3, 0.4) is 0 Å². The van der Waals surface area contributed by atoms with Crippen molar-refractivity contribution < 1.29 is 23.5 Å². The summed E-state index contributed by atoms with van der Waals surface area (Å²) in [5.74, 6) is 0.214. The number of carbonyl (C=O) groups is 3. The molecule has 1 aliphatic rings. The SMILES string of the molecule is CCOc1ccc(NC(=O)CC2C(=O)N(Cc3ccco3)C(=S)N2CCN=NC(C)=O)cc1. The lowest BCUT2D eigenvalue weighted by Crippen LogP contribution is -2.39. The van der Waals surface area contributed by atoms with Crippen molar-refractivity contribution >= 4 is 40.7 Å². The molecule has 10 nitrogen and oxygen atoms in total. The molecular weight excluding hydrogens is 446 g/mol. The van der Waals surface area contributed by atoms with Gasteiger partial charge in [-0.15, -0.1) is 5.11 Å². The van der Waals surface area contributed by atoms with Gasteiger partial charge in [0.1, 0.15) is 17.6 Å².